The largest absolute Gasteiger partial charge is 0.416 e. The lowest BCUT2D eigenvalue weighted by atomic mass is 10.1. The minimum Gasteiger partial charge on any atom is -0.396 e. The van der Waals surface area contributed by atoms with Crippen LogP contribution in [0.15, 0.2) is 36.4 Å². The number of rotatable bonds is 2. The Morgan fingerprint density at radius 2 is 1.86 bits per heavy atom. The molecular formula is C14H9ClF3N3. The van der Waals surface area contributed by atoms with E-state index >= 15 is 0 Å². The molecule has 0 atom stereocenters. The van der Waals surface area contributed by atoms with E-state index in [4.69, 9.17) is 22.6 Å². The molecule has 0 bridgehead atoms. The standard InChI is InChI=1S/C14H9ClF3N3/c15-10-6-9(14(16,17)18)4-5-11(10)21-12-3-1-2-8(7-19)13(12)20/h1-6,21H,20H2. The molecule has 0 saturated carbocycles. The monoisotopic (exact) mass is 311 g/mol. The second kappa shape index (κ2) is 5.54. The first-order valence-corrected chi connectivity index (χ1v) is 6.13. The highest BCUT2D eigenvalue weighted by atomic mass is 35.5. The van der Waals surface area contributed by atoms with Gasteiger partial charge >= 0.3 is 6.18 Å². The Kier molecular flexibility index (Phi) is 3.96. The van der Waals surface area contributed by atoms with Crippen LogP contribution in [0.5, 0.6) is 0 Å². The van der Waals surface area contributed by atoms with Crippen LogP contribution in [-0.2, 0) is 6.18 Å². The van der Waals surface area contributed by atoms with Crippen molar-refractivity contribution in [3.8, 4) is 6.07 Å². The molecule has 0 unspecified atom stereocenters. The number of hydrogen-bond acceptors (Lipinski definition) is 3. The van der Waals surface area contributed by atoms with Gasteiger partial charge in [0.1, 0.15) is 6.07 Å². The molecule has 108 valence electrons. The van der Waals surface area contributed by atoms with E-state index in [1.807, 2.05) is 6.07 Å². The summed E-state index contributed by atoms with van der Waals surface area (Å²) in [5.41, 5.74) is 6.09. The van der Waals surface area contributed by atoms with Crippen LogP contribution in [-0.4, -0.2) is 0 Å². The molecular weight excluding hydrogens is 303 g/mol. The summed E-state index contributed by atoms with van der Waals surface area (Å²) in [4.78, 5) is 0. The number of alkyl halides is 3. The third-order valence-electron chi connectivity index (χ3n) is 2.79. The van der Waals surface area contributed by atoms with Gasteiger partial charge in [0.25, 0.3) is 0 Å². The Morgan fingerprint density at radius 1 is 1.14 bits per heavy atom. The second-order valence-corrected chi connectivity index (χ2v) is 4.60. The summed E-state index contributed by atoms with van der Waals surface area (Å²) in [6.07, 6.45) is -4.46. The van der Waals surface area contributed by atoms with Crippen molar-refractivity contribution in [3.05, 3.63) is 52.5 Å². The van der Waals surface area contributed by atoms with Gasteiger partial charge in [-0.1, -0.05) is 17.7 Å². The zero-order valence-corrected chi connectivity index (χ0v) is 11.3. The fourth-order valence-corrected chi connectivity index (χ4v) is 1.94. The van der Waals surface area contributed by atoms with Gasteiger partial charge in [-0.05, 0) is 30.3 Å². The highest BCUT2D eigenvalue weighted by Crippen LogP contribution is 2.35. The number of hydrogen-bond donors (Lipinski definition) is 2. The summed E-state index contributed by atoms with van der Waals surface area (Å²) in [5.74, 6) is 0. The summed E-state index contributed by atoms with van der Waals surface area (Å²) in [7, 11) is 0. The van der Waals surface area contributed by atoms with Gasteiger partial charge < -0.3 is 11.1 Å². The molecule has 3 N–H and O–H groups in total. The van der Waals surface area contributed by atoms with E-state index in [-0.39, 0.29) is 22.0 Å². The fraction of sp³-hybridized carbons (Fsp3) is 0.0714. The van der Waals surface area contributed by atoms with Crippen LogP contribution in [0.25, 0.3) is 0 Å². The molecule has 3 nitrogen and oxygen atoms in total. The number of nitrogens with two attached hydrogens (primary N) is 1. The van der Waals surface area contributed by atoms with Crippen molar-refractivity contribution in [1.82, 2.24) is 0 Å². The molecule has 2 aromatic carbocycles. The lowest BCUT2D eigenvalue weighted by molar-refractivity contribution is -0.137. The van der Waals surface area contributed by atoms with Gasteiger partial charge in [-0.3, -0.25) is 0 Å². The highest BCUT2D eigenvalue weighted by molar-refractivity contribution is 6.33. The van der Waals surface area contributed by atoms with Crippen LogP contribution in [0.3, 0.4) is 0 Å². The van der Waals surface area contributed by atoms with E-state index < -0.39 is 11.7 Å². The maximum atomic E-state index is 12.6. The Morgan fingerprint density at radius 3 is 2.43 bits per heavy atom. The van der Waals surface area contributed by atoms with Crippen molar-refractivity contribution >= 4 is 28.7 Å². The van der Waals surface area contributed by atoms with Crippen molar-refractivity contribution in [2.75, 3.05) is 11.1 Å². The summed E-state index contributed by atoms with van der Waals surface area (Å²) < 4.78 is 37.7. The van der Waals surface area contributed by atoms with E-state index in [9.17, 15) is 13.2 Å². The van der Waals surface area contributed by atoms with Crippen LogP contribution in [0, 0.1) is 11.3 Å². The minimum atomic E-state index is -4.46. The van der Waals surface area contributed by atoms with Crippen LogP contribution in [0.4, 0.5) is 30.2 Å². The van der Waals surface area contributed by atoms with Crippen molar-refractivity contribution in [3.63, 3.8) is 0 Å². The SMILES string of the molecule is N#Cc1cccc(Nc2ccc(C(F)(F)F)cc2Cl)c1N. The first-order valence-electron chi connectivity index (χ1n) is 5.75. The van der Waals surface area contributed by atoms with Crippen molar-refractivity contribution in [2.24, 2.45) is 0 Å². The number of nitrogens with one attached hydrogen (secondary N) is 1. The molecule has 0 fully saturated rings. The van der Waals surface area contributed by atoms with E-state index in [2.05, 4.69) is 5.32 Å². The Balaban J connectivity index is 2.36. The van der Waals surface area contributed by atoms with E-state index in [1.165, 1.54) is 12.1 Å². The number of anilines is 3. The van der Waals surface area contributed by atoms with Gasteiger partial charge in [0.15, 0.2) is 0 Å². The van der Waals surface area contributed by atoms with Crippen molar-refractivity contribution in [1.29, 1.82) is 5.26 Å². The first kappa shape index (κ1) is 15.0. The average Bonchev–Trinajstić information content (AvgIpc) is 2.42. The average molecular weight is 312 g/mol. The van der Waals surface area contributed by atoms with Crippen LogP contribution >= 0.6 is 11.6 Å². The second-order valence-electron chi connectivity index (χ2n) is 4.20. The smallest absolute Gasteiger partial charge is 0.396 e. The highest BCUT2D eigenvalue weighted by Gasteiger charge is 2.30. The quantitative estimate of drug-likeness (QED) is 0.799. The maximum absolute atomic E-state index is 12.6. The number of nitrogen functional groups attached to an aromatic ring is 1. The molecule has 7 heteroatoms. The zero-order chi connectivity index (χ0) is 15.6. The topological polar surface area (TPSA) is 61.8 Å². The molecule has 0 heterocycles. The molecule has 0 saturated heterocycles. The number of nitriles is 1. The lowest BCUT2D eigenvalue weighted by Gasteiger charge is -2.13. The molecule has 0 radical (unpaired) electrons. The van der Waals surface area contributed by atoms with Crippen molar-refractivity contribution < 1.29 is 13.2 Å². The summed E-state index contributed by atoms with van der Waals surface area (Å²) in [6, 6.07) is 9.62. The number of nitrogens with zero attached hydrogens (tertiary/aromatic N) is 1. The molecule has 0 amide bonds. The molecule has 21 heavy (non-hydrogen) atoms. The Hall–Kier alpha value is -2.39. The molecule has 2 aromatic rings. The maximum Gasteiger partial charge on any atom is 0.416 e. The van der Waals surface area contributed by atoms with Crippen LogP contribution in [0.2, 0.25) is 5.02 Å². The fourth-order valence-electron chi connectivity index (χ4n) is 1.71. The van der Waals surface area contributed by atoms with Crippen LogP contribution < -0.4 is 11.1 Å². The molecule has 2 rings (SSSR count). The predicted octanol–water partition coefficient (Wildman–Crippen LogP) is 4.56. The molecule has 0 aliphatic heterocycles. The van der Waals surface area contributed by atoms with Gasteiger partial charge in [0.2, 0.25) is 0 Å². The molecule has 0 spiro atoms. The number of halogens is 4. The van der Waals surface area contributed by atoms with E-state index in [0.717, 1.165) is 12.1 Å². The molecule has 0 aliphatic rings. The summed E-state index contributed by atoms with van der Waals surface area (Å²) in [5, 5.41) is 11.6. The third-order valence-corrected chi connectivity index (χ3v) is 3.11. The minimum absolute atomic E-state index is 0.0911. The first-order chi connectivity index (χ1) is 9.82. The summed E-state index contributed by atoms with van der Waals surface area (Å²) in [6.45, 7) is 0. The van der Waals surface area contributed by atoms with Crippen LogP contribution in [0.1, 0.15) is 11.1 Å². The number of benzene rings is 2. The lowest BCUT2D eigenvalue weighted by Crippen LogP contribution is -2.05. The van der Waals surface area contributed by atoms with Crippen molar-refractivity contribution in [2.45, 2.75) is 6.18 Å². The molecule has 0 aliphatic carbocycles. The number of para-hydroxylation sites is 1. The Labute approximate surface area is 123 Å². The molecule has 0 aromatic heterocycles. The van der Waals surface area contributed by atoms with Gasteiger partial charge in [-0.25, -0.2) is 0 Å². The zero-order valence-electron chi connectivity index (χ0n) is 10.5. The van der Waals surface area contributed by atoms with Gasteiger partial charge in [0, 0.05) is 0 Å². The normalized spacial score (nSPS) is 11.0. The van der Waals surface area contributed by atoms with Gasteiger partial charge in [-0.2, -0.15) is 18.4 Å². The van der Waals surface area contributed by atoms with Gasteiger partial charge in [0.05, 0.1) is 33.2 Å². The van der Waals surface area contributed by atoms with E-state index in [1.54, 1.807) is 12.1 Å². The Bertz CT molecular complexity index is 720. The third kappa shape index (κ3) is 3.20. The summed E-state index contributed by atoms with van der Waals surface area (Å²) >= 11 is 5.84. The van der Waals surface area contributed by atoms with E-state index in [0.29, 0.717) is 5.69 Å². The predicted molar refractivity (Wildman–Crippen MR) is 75.3 cm³/mol. The van der Waals surface area contributed by atoms with Gasteiger partial charge in [-0.15, -0.1) is 0 Å².